The summed E-state index contributed by atoms with van der Waals surface area (Å²) in [5, 5.41) is 9.13. The maximum atomic E-state index is 12.1. The molecule has 1 heterocycles. The van der Waals surface area contributed by atoms with Gasteiger partial charge >= 0.3 is 5.97 Å². The van der Waals surface area contributed by atoms with Gasteiger partial charge in [0.15, 0.2) is 5.69 Å². The zero-order valence-electron chi connectivity index (χ0n) is 13.0. The van der Waals surface area contributed by atoms with Gasteiger partial charge in [-0.1, -0.05) is 32.0 Å². The summed E-state index contributed by atoms with van der Waals surface area (Å²) in [6.07, 6.45) is 0. The van der Waals surface area contributed by atoms with E-state index in [4.69, 9.17) is 4.74 Å². The van der Waals surface area contributed by atoms with Crippen LogP contribution in [-0.4, -0.2) is 36.4 Å². The minimum absolute atomic E-state index is 0.277. The van der Waals surface area contributed by atoms with Gasteiger partial charge in [-0.2, -0.15) is 0 Å². The highest BCUT2D eigenvalue weighted by atomic mass is 16.5. The number of fused-ring (bicyclic) bond motifs is 1. The fraction of sp³-hybridized carbons (Fsp3) is 0.438. The summed E-state index contributed by atoms with van der Waals surface area (Å²) in [5.74, 6) is 0.0401. The Kier molecular flexibility index (Phi) is 4.73. The molecule has 0 fully saturated rings. The molecule has 0 radical (unpaired) electrons. The molecule has 2 aromatic rings. The van der Waals surface area contributed by atoms with Crippen molar-refractivity contribution in [2.45, 2.75) is 20.8 Å². The van der Waals surface area contributed by atoms with Crippen molar-refractivity contribution in [1.82, 2.24) is 10.2 Å². The van der Waals surface area contributed by atoms with Crippen LogP contribution in [0.5, 0.6) is 0 Å². The molecular weight excluding hydrogens is 266 g/mol. The van der Waals surface area contributed by atoms with E-state index < -0.39 is 5.97 Å². The van der Waals surface area contributed by atoms with Crippen LogP contribution in [-0.2, 0) is 4.74 Å². The number of carbonyl (C=O) groups excluding carboxylic acids is 1. The van der Waals surface area contributed by atoms with Crippen molar-refractivity contribution in [2.75, 3.05) is 25.1 Å². The summed E-state index contributed by atoms with van der Waals surface area (Å²) in [5.41, 5.74) is 1.84. The topological polar surface area (TPSA) is 55.3 Å². The van der Waals surface area contributed by atoms with Crippen molar-refractivity contribution in [1.29, 1.82) is 0 Å². The van der Waals surface area contributed by atoms with Crippen LogP contribution in [0.3, 0.4) is 0 Å². The molecule has 1 aromatic heterocycles. The molecule has 0 bridgehead atoms. The third-order valence-corrected chi connectivity index (χ3v) is 3.13. The van der Waals surface area contributed by atoms with Crippen molar-refractivity contribution in [3.8, 4) is 0 Å². The fourth-order valence-electron chi connectivity index (χ4n) is 2.40. The summed E-state index contributed by atoms with van der Waals surface area (Å²) >= 11 is 0. The van der Waals surface area contributed by atoms with E-state index in [2.05, 4.69) is 24.0 Å². The van der Waals surface area contributed by atoms with E-state index in [1.54, 1.807) is 6.92 Å². The number of nitrogens with zero attached hydrogens (tertiary/aromatic N) is 3. The van der Waals surface area contributed by atoms with Crippen LogP contribution in [0.15, 0.2) is 24.3 Å². The average molecular weight is 287 g/mol. The third kappa shape index (κ3) is 3.29. The number of anilines is 1. The van der Waals surface area contributed by atoms with E-state index in [1.807, 2.05) is 36.2 Å². The van der Waals surface area contributed by atoms with E-state index in [1.165, 1.54) is 0 Å². The highest BCUT2D eigenvalue weighted by molar-refractivity contribution is 6.03. The number of benzene rings is 1. The van der Waals surface area contributed by atoms with Crippen LogP contribution >= 0.6 is 0 Å². The van der Waals surface area contributed by atoms with E-state index >= 15 is 0 Å². The van der Waals surface area contributed by atoms with Gasteiger partial charge in [-0.3, -0.25) is 0 Å². The number of aromatic nitrogens is 2. The molecule has 0 atom stereocenters. The lowest BCUT2D eigenvalue weighted by molar-refractivity contribution is 0.0519. The first-order valence-electron chi connectivity index (χ1n) is 7.18. The molecule has 0 aliphatic rings. The van der Waals surface area contributed by atoms with Crippen molar-refractivity contribution >= 4 is 22.6 Å². The third-order valence-electron chi connectivity index (χ3n) is 3.13. The molecule has 21 heavy (non-hydrogen) atoms. The standard InChI is InChI=1S/C16H21N3O2/c1-5-21-16(20)14-15(19(4)10-11(2)3)12-8-6-7-9-13(12)17-18-14/h6-9,11H,5,10H2,1-4H3. The maximum absolute atomic E-state index is 12.1. The normalized spacial score (nSPS) is 10.9. The number of carbonyl (C=O) groups is 1. The molecular formula is C16H21N3O2. The van der Waals surface area contributed by atoms with E-state index in [0.717, 1.165) is 23.1 Å². The van der Waals surface area contributed by atoms with Crippen LogP contribution in [0.25, 0.3) is 10.9 Å². The van der Waals surface area contributed by atoms with Gasteiger partial charge in [0.05, 0.1) is 17.8 Å². The molecule has 0 saturated carbocycles. The molecule has 0 N–H and O–H groups in total. The Morgan fingerprint density at radius 1 is 1.29 bits per heavy atom. The summed E-state index contributed by atoms with van der Waals surface area (Å²) in [7, 11) is 1.96. The monoisotopic (exact) mass is 287 g/mol. The fourth-order valence-corrected chi connectivity index (χ4v) is 2.40. The Labute approximate surface area is 124 Å². The first-order chi connectivity index (χ1) is 10.0. The zero-order valence-corrected chi connectivity index (χ0v) is 13.0. The SMILES string of the molecule is CCOC(=O)c1nnc2ccccc2c1N(C)CC(C)C. The molecule has 1 aromatic carbocycles. The van der Waals surface area contributed by atoms with Crippen LogP contribution in [0.4, 0.5) is 5.69 Å². The highest BCUT2D eigenvalue weighted by Crippen LogP contribution is 2.28. The van der Waals surface area contributed by atoms with Gasteiger partial charge < -0.3 is 9.64 Å². The summed E-state index contributed by atoms with van der Waals surface area (Å²) < 4.78 is 5.10. The van der Waals surface area contributed by atoms with Gasteiger partial charge in [-0.05, 0) is 18.9 Å². The molecule has 112 valence electrons. The van der Waals surface area contributed by atoms with E-state index in [9.17, 15) is 4.79 Å². The Balaban J connectivity index is 2.59. The number of hydrogen-bond donors (Lipinski definition) is 0. The number of rotatable bonds is 5. The Hall–Kier alpha value is -2.17. The van der Waals surface area contributed by atoms with Gasteiger partial charge in [0, 0.05) is 19.0 Å². The van der Waals surface area contributed by atoms with Gasteiger partial charge in [0.25, 0.3) is 0 Å². The predicted molar refractivity (Wildman–Crippen MR) is 83.6 cm³/mol. The highest BCUT2D eigenvalue weighted by Gasteiger charge is 2.21. The molecule has 0 spiro atoms. The molecule has 5 nitrogen and oxygen atoms in total. The summed E-state index contributed by atoms with van der Waals surface area (Å²) in [6.45, 7) is 7.20. The van der Waals surface area contributed by atoms with Gasteiger partial charge in [0.1, 0.15) is 0 Å². The minimum Gasteiger partial charge on any atom is -0.461 e. The first kappa shape index (κ1) is 15.2. The van der Waals surface area contributed by atoms with Crippen LogP contribution in [0.1, 0.15) is 31.3 Å². The summed E-state index contributed by atoms with van der Waals surface area (Å²) in [6, 6.07) is 7.70. The molecule has 0 aliphatic heterocycles. The molecule has 5 heteroatoms. The van der Waals surface area contributed by atoms with E-state index in [0.29, 0.717) is 12.5 Å². The number of ether oxygens (including phenoxy) is 1. The van der Waals surface area contributed by atoms with Crippen molar-refractivity contribution in [2.24, 2.45) is 5.92 Å². The zero-order chi connectivity index (χ0) is 15.4. The van der Waals surface area contributed by atoms with Crippen LogP contribution in [0.2, 0.25) is 0 Å². The minimum atomic E-state index is -0.429. The number of esters is 1. The second-order valence-electron chi connectivity index (χ2n) is 5.41. The quantitative estimate of drug-likeness (QED) is 0.791. The first-order valence-corrected chi connectivity index (χ1v) is 7.18. The molecule has 0 aliphatic carbocycles. The van der Waals surface area contributed by atoms with Crippen molar-refractivity contribution < 1.29 is 9.53 Å². The largest absolute Gasteiger partial charge is 0.461 e. The van der Waals surface area contributed by atoms with Crippen molar-refractivity contribution in [3.63, 3.8) is 0 Å². The Morgan fingerprint density at radius 3 is 2.67 bits per heavy atom. The lowest BCUT2D eigenvalue weighted by atomic mass is 10.1. The van der Waals surface area contributed by atoms with Gasteiger partial charge in [-0.15, -0.1) is 10.2 Å². The van der Waals surface area contributed by atoms with E-state index in [-0.39, 0.29) is 5.69 Å². The number of hydrogen-bond acceptors (Lipinski definition) is 5. The predicted octanol–water partition coefficient (Wildman–Crippen LogP) is 2.90. The lowest BCUT2D eigenvalue weighted by Gasteiger charge is -2.24. The Bertz CT molecular complexity index is 640. The average Bonchev–Trinajstić information content (AvgIpc) is 2.45. The maximum Gasteiger partial charge on any atom is 0.361 e. The van der Waals surface area contributed by atoms with Crippen molar-refractivity contribution in [3.05, 3.63) is 30.0 Å². The Morgan fingerprint density at radius 2 is 2.00 bits per heavy atom. The molecule has 2 rings (SSSR count). The second kappa shape index (κ2) is 6.52. The van der Waals surface area contributed by atoms with Crippen LogP contribution in [0, 0.1) is 5.92 Å². The molecule has 0 unspecified atom stereocenters. The molecule has 0 amide bonds. The van der Waals surface area contributed by atoms with Gasteiger partial charge in [-0.25, -0.2) is 4.79 Å². The lowest BCUT2D eigenvalue weighted by Crippen LogP contribution is -2.26. The molecule has 0 saturated heterocycles. The van der Waals surface area contributed by atoms with Gasteiger partial charge in [0.2, 0.25) is 0 Å². The summed E-state index contributed by atoms with van der Waals surface area (Å²) in [4.78, 5) is 14.2. The smallest absolute Gasteiger partial charge is 0.361 e. The van der Waals surface area contributed by atoms with Crippen LogP contribution < -0.4 is 4.90 Å². The second-order valence-corrected chi connectivity index (χ2v) is 5.41.